The number of nitrogens with zero attached hydrogens (tertiary/aromatic N) is 2. The van der Waals surface area contributed by atoms with Crippen LogP contribution in [0.1, 0.15) is 50.3 Å². The van der Waals surface area contributed by atoms with Crippen LogP contribution < -0.4 is 9.80 Å². The summed E-state index contributed by atoms with van der Waals surface area (Å²) in [7, 11) is -9.33. The van der Waals surface area contributed by atoms with Crippen molar-refractivity contribution < 1.29 is 25.9 Å². The molecule has 3 rings (SSSR count). The van der Waals surface area contributed by atoms with E-state index in [1.165, 1.54) is 0 Å². The van der Waals surface area contributed by atoms with Crippen LogP contribution in [0.3, 0.4) is 0 Å². The molecule has 12 heteroatoms. The third kappa shape index (κ3) is 8.78. The molecule has 8 nitrogen and oxygen atoms in total. The van der Waals surface area contributed by atoms with E-state index >= 15 is 0 Å². The van der Waals surface area contributed by atoms with E-state index in [0.717, 1.165) is 55.8 Å². The van der Waals surface area contributed by atoms with Crippen LogP contribution >= 0.6 is 0 Å². The standard InChI is InChI=1S/C27H34N2O6S2.2Na/c1-5-28(6-2)22-13-9-20(10-14-22)27(21-11-15-23(16-12-21)29(7-3)8-4)25-19-24(36(30,31)32)17-18-26(25)37(33,34)35;;/h9-19,27H,5-8H2,1-4H3,(H,30,31,32)(H,33,34,35);;. The zero-order chi connectivity index (χ0) is 27.4. The van der Waals surface area contributed by atoms with Crippen molar-refractivity contribution in [2.75, 3.05) is 36.0 Å². The SMILES string of the molecule is CCN(CC)c1ccc(C(c2ccc(N(CC)CC)cc2)c2cc(S(=O)(=O)O)ccc2S(=O)(=O)O)cc1.[Na].[Na]. The van der Waals surface area contributed by atoms with Gasteiger partial charge in [0.2, 0.25) is 0 Å². The molecule has 202 valence electrons. The minimum absolute atomic E-state index is 0. The molecule has 0 fully saturated rings. The average Bonchev–Trinajstić information content (AvgIpc) is 2.86. The van der Waals surface area contributed by atoms with Crippen molar-refractivity contribution in [3.8, 4) is 0 Å². The van der Waals surface area contributed by atoms with Crippen molar-refractivity contribution in [3.63, 3.8) is 0 Å². The largest absolute Gasteiger partial charge is 0.372 e. The molecule has 0 heterocycles. The summed E-state index contributed by atoms with van der Waals surface area (Å²) in [5.41, 5.74) is 3.42. The molecule has 0 amide bonds. The molecule has 0 atom stereocenters. The second kappa shape index (κ2) is 15.3. The predicted molar refractivity (Wildman–Crippen MR) is 159 cm³/mol. The topological polar surface area (TPSA) is 115 Å². The van der Waals surface area contributed by atoms with Crippen LogP contribution in [0.2, 0.25) is 0 Å². The van der Waals surface area contributed by atoms with E-state index in [1.54, 1.807) is 0 Å². The first-order valence-electron chi connectivity index (χ1n) is 12.2. The minimum Gasteiger partial charge on any atom is -0.372 e. The van der Waals surface area contributed by atoms with Crippen LogP contribution in [-0.4, -0.2) is 111 Å². The number of benzene rings is 3. The van der Waals surface area contributed by atoms with E-state index in [2.05, 4.69) is 37.5 Å². The van der Waals surface area contributed by atoms with Gasteiger partial charge in [-0.15, -0.1) is 0 Å². The first-order valence-corrected chi connectivity index (χ1v) is 15.1. The second-order valence-electron chi connectivity index (χ2n) is 8.61. The van der Waals surface area contributed by atoms with Crippen LogP contribution in [0.25, 0.3) is 0 Å². The van der Waals surface area contributed by atoms with Crippen molar-refractivity contribution in [3.05, 3.63) is 83.4 Å². The molecule has 0 aliphatic rings. The maximum absolute atomic E-state index is 12.4. The summed E-state index contributed by atoms with van der Waals surface area (Å²) in [6.45, 7) is 11.5. The molecule has 0 spiro atoms. The molecule has 0 saturated heterocycles. The number of anilines is 2. The van der Waals surface area contributed by atoms with Gasteiger partial charge in [-0.25, -0.2) is 0 Å². The van der Waals surface area contributed by atoms with Crippen LogP contribution in [0.4, 0.5) is 11.4 Å². The fourth-order valence-corrected chi connectivity index (χ4v) is 5.86. The zero-order valence-electron chi connectivity index (χ0n) is 23.5. The Balaban J connectivity index is 0.00000380. The maximum atomic E-state index is 12.4. The molecule has 2 N–H and O–H groups in total. The van der Waals surface area contributed by atoms with Crippen molar-refractivity contribution >= 4 is 90.7 Å². The van der Waals surface area contributed by atoms with Gasteiger partial charge in [-0.1, -0.05) is 24.3 Å². The van der Waals surface area contributed by atoms with Gasteiger partial charge in [0.25, 0.3) is 20.2 Å². The molecule has 2 radical (unpaired) electrons. The van der Waals surface area contributed by atoms with E-state index in [0.29, 0.717) is 11.1 Å². The summed E-state index contributed by atoms with van der Waals surface area (Å²) in [5.74, 6) is -0.741. The summed E-state index contributed by atoms with van der Waals surface area (Å²) < 4.78 is 68.3. The Morgan fingerprint density at radius 1 is 0.615 bits per heavy atom. The van der Waals surface area contributed by atoms with Crippen molar-refractivity contribution in [2.45, 2.75) is 43.4 Å². The number of hydrogen-bond acceptors (Lipinski definition) is 6. The Bertz CT molecular complexity index is 1370. The Morgan fingerprint density at radius 3 is 1.31 bits per heavy atom. The molecule has 0 bridgehead atoms. The zero-order valence-corrected chi connectivity index (χ0v) is 29.1. The summed E-state index contributed by atoms with van der Waals surface area (Å²) in [4.78, 5) is 3.45. The Morgan fingerprint density at radius 2 is 1.00 bits per heavy atom. The van der Waals surface area contributed by atoms with Gasteiger partial charge in [0, 0.05) is 103 Å². The van der Waals surface area contributed by atoms with Gasteiger partial charge in [0.15, 0.2) is 0 Å². The van der Waals surface area contributed by atoms with E-state index in [1.807, 2.05) is 48.5 Å². The normalized spacial score (nSPS) is 11.5. The fraction of sp³-hybridized carbons (Fsp3) is 0.333. The van der Waals surface area contributed by atoms with Gasteiger partial charge in [-0.3, -0.25) is 9.11 Å². The smallest absolute Gasteiger partial charge is 0.294 e. The Hall–Kier alpha value is -0.920. The second-order valence-corrected chi connectivity index (χ2v) is 11.4. The van der Waals surface area contributed by atoms with E-state index < -0.39 is 35.9 Å². The van der Waals surface area contributed by atoms with Gasteiger partial charge in [0.1, 0.15) is 0 Å². The molecular weight excluding hydrogens is 558 g/mol. The third-order valence-electron chi connectivity index (χ3n) is 6.58. The van der Waals surface area contributed by atoms with Gasteiger partial charge in [-0.2, -0.15) is 16.8 Å². The van der Waals surface area contributed by atoms with Crippen molar-refractivity contribution in [1.29, 1.82) is 0 Å². The molecule has 0 aliphatic carbocycles. The molecule has 0 aromatic heterocycles. The monoisotopic (exact) mass is 592 g/mol. The minimum atomic E-state index is -4.71. The van der Waals surface area contributed by atoms with E-state index in [-0.39, 0.29) is 64.7 Å². The van der Waals surface area contributed by atoms with Crippen LogP contribution in [0, 0.1) is 0 Å². The first-order chi connectivity index (χ1) is 17.4. The fourth-order valence-electron chi connectivity index (χ4n) is 4.63. The Kier molecular flexibility index (Phi) is 14.2. The number of rotatable bonds is 11. The maximum Gasteiger partial charge on any atom is 0.294 e. The average molecular weight is 593 g/mol. The summed E-state index contributed by atoms with van der Waals surface area (Å²) >= 11 is 0. The molecule has 3 aromatic carbocycles. The van der Waals surface area contributed by atoms with Crippen LogP contribution in [0.15, 0.2) is 76.5 Å². The summed E-state index contributed by atoms with van der Waals surface area (Å²) in [6.07, 6.45) is 0. The van der Waals surface area contributed by atoms with Gasteiger partial charge < -0.3 is 9.80 Å². The number of hydrogen-bond donors (Lipinski definition) is 2. The van der Waals surface area contributed by atoms with Crippen LogP contribution in [-0.2, 0) is 20.2 Å². The molecular formula is C27H34N2Na2O6S2. The summed E-state index contributed by atoms with van der Waals surface area (Å²) in [6, 6.07) is 18.3. The molecule has 0 aliphatic heterocycles. The van der Waals surface area contributed by atoms with E-state index in [4.69, 9.17) is 0 Å². The molecule has 39 heavy (non-hydrogen) atoms. The van der Waals surface area contributed by atoms with E-state index in [9.17, 15) is 25.9 Å². The third-order valence-corrected chi connectivity index (χ3v) is 8.36. The quantitative estimate of drug-likeness (QED) is 0.193. The Labute approximate surface area is 276 Å². The molecule has 0 unspecified atom stereocenters. The van der Waals surface area contributed by atoms with Gasteiger partial charge >= 0.3 is 0 Å². The van der Waals surface area contributed by atoms with Gasteiger partial charge in [-0.05, 0) is 86.8 Å². The van der Waals surface area contributed by atoms with Crippen molar-refractivity contribution in [1.82, 2.24) is 0 Å². The van der Waals surface area contributed by atoms with Gasteiger partial charge in [0.05, 0.1) is 9.79 Å². The summed E-state index contributed by atoms with van der Waals surface area (Å²) in [5, 5.41) is 0. The molecule has 0 saturated carbocycles. The first kappa shape index (κ1) is 36.1. The predicted octanol–water partition coefficient (Wildman–Crippen LogP) is 4.29. The molecule has 3 aromatic rings. The van der Waals surface area contributed by atoms with Crippen LogP contribution in [0.5, 0.6) is 0 Å². The van der Waals surface area contributed by atoms with Crippen molar-refractivity contribution in [2.24, 2.45) is 0 Å².